The van der Waals surface area contributed by atoms with Crippen molar-refractivity contribution in [2.45, 2.75) is 110 Å². The zero-order chi connectivity index (χ0) is 21.7. The third-order valence-corrected chi connectivity index (χ3v) is 7.61. The van der Waals surface area contributed by atoms with E-state index < -0.39 is 39.5 Å². The average Bonchev–Trinajstić information content (AvgIpc) is 2.59. The summed E-state index contributed by atoms with van der Waals surface area (Å²) in [6, 6.07) is 0. The van der Waals surface area contributed by atoms with Crippen molar-refractivity contribution in [1.82, 2.24) is 0 Å². The van der Waals surface area contributed by atoms with Gasteiger partial charge >= 0.3 is 20.5 Å². The summed E-state index contributed by atoms with van der Waals surface area (Å²) < 4.78 is 83.0. The van der Waals surface area contributed by atoms with E-state index in [1.165, 1.54) is 33.1 Å². The minimum absolute atomic E-state index is 0.113. The molecule has 0 spiro atoms. The standard InChI is InChI=1S/C19H37F5O3Si/c1-5-8-9-10-11-12-13-14-17(4)27-28(25-6-2,26-7-3)19(23,24)16-15-18(20,21)22/h17H,5-16H2,1-4H3. The molecule has 0 radical (unpaired) electrons. The monoisotopic (exact) mass is 436 g/mol. The molecule has 0 aromatic carbocycles. The van der Waals surface area contributed by atoms with E-state index in [2.05, 4.69) is 6.92 Å². The maximum Gasteiger partial charge on any atom is 0.574 e. The highest BCUT2D eigenvalue weighted by Gasteiger charge is 2.65. The Hall–Kier alpha value is -0.253. The van der Waals surface area contributed by atoms with Crippen LogP contribution in [-0.2, 0) is 13.3 Å². The second-order valence-electron chi connectivity index (χ2n) is 7.08. The van der Waals surface area contributed by atoms with Crippen LogP contribution in [0, 0.1) is 0 Å². The molecule has 28 heavy (non-hydrogen) atoms. The van der Waals surface area contributed by atoms with E-state index >= 15 is 0 Å². The van der Waals surface area contributed by atoms with Gasteiger partial charge in [0.15, 0.2) is 0 Å². The SMILES string of the molecule is CCCCCCCCCC(C)O[Si](OCC)(OCC)C(F)(F)CCC(F)(F)F. The summed E-state index contributed by atoms with van der Waals surface area (Å²) in [6.07, 6.45) is -0.123. The molecule has 0 heterocycles. The Labute approximate surface area is 167 Å². The van der Waals surface area contributed by atoms with Gasteiger partial charge in [0.2, 0.25) is 0 Å². The molecule has 0 bridgehead atoms. The Morgan fingerprint density at radius 1 is 0.750 bits per heavy atom. The van der Waals surface area contributed by atoms with Gasteiger partial charge in [0, 0.05) is 32.2 Å². The molecule has 0 rings (SSSR count). The van der Waals surface area contributed by atoms with E-state index in [1.807, 2.05) is 0 Å². The summed E-state index contributed by atoms with van der Waals surface area (Å²) in [6.45, 7) is 6.58. The summed E-state index contributed by atoms with van der Waals surface area (Å²) in [4.78, 5) is 0. The molecule has 0 saturated carbocycles. The number of halogens is 5. The number of unbranched alkanes of at least 4 members (excludes halogenated alkanes) is 6. The number of hydrogen-bond donors (Lipinski definition) is 0. The maximum atomic E-state index is 14.8. The first kappa shape index (κ1) is 27.7. The van der Waals surface area contributed by atoms with Crippen LogP contribution < -0.4 is 0 Å². The smallest absolute Gasteiger partial charge is 0.370 e. The van der Waals surface area contributed by atoms with Crippen molar-refractivity contribution in [3.8, 4) is 0 Å². The molecule has 0 aromatic heterocycles. The molecular weight excluding hydrogens is 399 g/mol. The van der Waals surface area contributed by atoms with Gasteiger partial charge in [-0.3, -0.25) is 0 Å². The quantitative estimate of drug-likeness (QED) is 0.139. The predicted octanol–water partition coefficient (Wildman–Crippen LogP) is 7.06. The van der Waals surface area contributed by atoms with Gasteiger partial charge < -0.3 is 13.3 Å². The highest BCUT2D eigenvalue weighted by atomic mass is 28.4. The van der Waals surface area contributed by atoms with Crippen LogP contribution in [0.25, 0.3) is 0 Å². The molecule has 0 aliphatic heterocycles. The Morgan fingerprint density at radius 2 is 1.25 bits per heavy atom. The van der Waals surface area contributed by atoms with Crippen molar-refractivity contribution in [3.63, 3.8) is 0 Å². The van der Waals surface area contributed by atoms with Gasteiger partial charge in [-0.15, -0.1) is 0 Å². The zero-order valence-electron chi connectivity index (χ0n) is 17.7. The van der Waals surface area contributed by atoms with Gasteiger partial charge in [-0.2, -0.15) is 13.2 Å². The van der Waals surface area contributed by atoms with Crippen molar-refractivity contribution in [1.29, 1.82) is 0 Å². The number of hydrogen-bond acceptors (Lipinski definition) is 3. The minimum atomic E-state index is -4.68. The molecule has 0 aliphatic rings. The second-order valence-corrected chi connectivity index (χ2v) is 9.74. The Balaban J connectivity index is 4.84. The van der Waals surface area contributed by atoms with Crippen LogP contribution in [-0.4, -0.2) is 39.8 Å². The molecule has 0 aliphatic carbocycles. The van der Waals surface area contributed by atoms with Crippen LogP contribution in [0.5, 0.6) is 0 Å². The lowest BCUT2D eigenvalue weighted by atomic mass is 10.1. The van der Waals surface area contributed by atoms with Gasteiger partial charge in [-0.1, -0.05) is 51.9 Å². The fourth-order valence-corrected chi connectivity index (χ4v) is 5.60. The van der Waals surface area contributed by atoms with Gasteiger partial charge in [-0.25, -0.2) is 8.78 Å². The number of rotatable bonds is 17. The van der Waals surface area contributed by atoms with Crippen molar-refractivity contribution in [3.05, 3.63) is 0 Å². The van der Waals surface area contributed by atoms with E-state index in [0.29, 0.717) is 6.42 Å². The van der Waals surface area contributed by atoms with E-state index in [0.717, 1.165) is 25.7 Å². The normalized spacial score (nSPS) is 14.5. The van der Waals surface area contributed by atoms with Gasteiger partial charge in [0.1, 0.15) is 0 Å². The Kier molecular flexibility index (Phi) is 13.7. The molecule has 0 fully saturated rings. The fourth-order valence-electron chi connectivity index (χ4n) is 2.95. The Morgan fingerprint density at radius 3 is 1.71 bits per heavy atom. The molecule has 1 atom stereocenters. The molecule has 0 N–H and O–H groups in total. The fraction of sp³-hybridized carbons (Fsp3) is 1.00. The summed E-state index contributed by atoms with van der Waals surface area (Å²) >= 11 is 0. The van der Waals surface area contributed by atoms with E-state index in [-0.39, 0.29) is 13.2 Å². The first-order valence-electron chi connectivity index (χ1n) is 10.4. The van der Waals surface area contributed by atoms with Crippen LogP contribution in [0.3, 0.4) is 0 Å². The Bertz CT molecular complexity index is 388. The highest BCUT2D eigenvalue weighted by Crippen LogP contribution is 2.38. The molecular formula is C19H37F5O3Si. The van der Waals surface area contributed by atoms with Crippen LogP contribution in [0.1, 0.15) is 91.9 Å². The number of alkyl halides is 5. The lowest BCUT2D eigenvalue weighted by Gasteiger charge is -2.37. The molecule has 1 unspecified atom stereocenters. The third kappa shape index (κ3) is 11.1. The lowest BCUT2D eigenvalue weighted by Crippen LogP contribution is -2.62. The van der Waals surface area contributed by atoms with Gasteiger partial charge in [0.05, 0.1) is 0 Å². The molecule has 9 heteroatoms. The van der Waals surface area contributed by atoms with Crippen molar-refractivity contribution < 1.29 is 35.2 Å². The summed E-state index contributed by atoms with van der Waals surface area (Å²) in [5.74, 6) is 0. The van der Waals surface area contributed by atoms with Crippen molar-refractivity contribution >= 4 is 8.80 Å². The third-order valence-electron chi connectivity index (χ3n) is 4.41. The average molecular weight is 437 g/mol. The predicted molar refractivity (Wildman–Crippen MR) is 102 cm³/mol. The second kappa shape index (κ2) is 13.9. The van der Waals surface area contributed by atoms with Crippen LogP contribution >= 0.6 is 0 Å². The minimum Gasteiger partial charge on any atom is -0.370 e. The summed E-state index contributed by atoms with van der Waals surface area (Å²) in [5, 5.41) is 0. The van der Waals surface area contributed by atoms with E-state index in [1.54, 1.807) is 6.92 Å². The van der Waals surface area contributed by atoms with E-state index in [9.17, 15) is 22.0 Å². The van der Waals surface area contributed by atoms with Gasteiger partial charge in [0.25, 0.3) is 0 Å². The van der Waals surface area contributed by atoms with Gasteiger partial charge in [-0.05, 0) is 27.2 Å². The largest absolute Gasteiger partial charge is 0.574 e. The summed E-state index contributed by atoms with van der Waals surface area (Å²) in [5.41, 5.74) is -3.80. The van der Waals surface area contributed by atoms with Crippen LogP contribution in [0.15, 0.2) is 0 Å². The van der Waals surface area contributed by atoms with Crippen molar-refractivity contribution in [2.24, 2.45) is 0 Å². The molecule has 0 saturated heterocycles. The molecule has 3 nitrogen and oxygen atoms in total. The topological polar surface area (TPSA) is 27.7 Å². The first-order valence-corrected chi connectivity index (χ1v) is 12.2. The van der Waals surface area contributed by atoms with Crippen molar-refractivity contribution in [2.75, 3.05) is 13.2 Å². The van der Waals surface area contributed by atoms with Crippen LogP contribution in [0.4, 0.5) is 22.0 Å². The molecule has 0 amide bonds. The summed E-state index contributed by atoms with van der Waals surface area (Å²) in [7, 11) is -4.61. The van der Waals surface area contributed by atoms with E-state index in [4.69, 9.17) is 13.3 Å². The lowest BCUT2D eigenvalue weighted by molar-refractivity contribution is -0.152. The van der Waals surface area contributed by atoms with Crippen LogP contribution in [0.2, 0.25) is 0 Å². The highest BCUT2D eigenvalue weighted by molar-refractivity contribution is 6.63. The first-order chi connectivity index (χ1) is 13.0. The maximum absolute atomic E-state index is 14.8. The molecule has 0 aromatic rings. The zero-order valence-corrected chi connectivity index (χ0v) is 18.7. The molecule has 170 valence electrons.